The third-order valence-electron chi connectivity index (χ3n) is 2.77. The van der Waals surface area contributed by atoms with E-state index in [9.17, 15) is 4.79 Å². The molecule has 1 atom stereocenters. The molecule has 0 radical (unpaired) electrons. The number of thioether (sulfide) groups is 1. The molecule has 0 aromatic heterocycles. The first kappa shape index (κ1) is 14.0. The Morgan fingerprint density at radius 3 is 2.14 bits per heavy atom. The fourth-order valence-electron chi connectivity index (χ4n) is 1.31. The van der Waals surface area contributed by atoms with Crippen molar-refractivity contribution in [3.8, 4) is 0 Å². The van der Waals surface area contributed by atoms with Gasteiger partial charge in [0, 0.05) is 11.7 Å². The van der Waals surface area contributed by atoms with Crippen LogP contribution >= 0.6 is 11.8 Å². The quantitative estimate of drug-likeness (QED) is 0.612. The van der Waals surface area contributed by atoms with Crippen molar-refractivity contribution in [1.82, 2.24) is 0 Å². The molecule has 0 N–H and O–H groups in total. The minimum atomic E-state index is 0.434. The van der Waals surface area contributed by atoms with Crippen LogP contribution in [0.2, 0.25) is 0 Å². The largest absolute Gasteiger partial charge is 0.299 e. The second-order valence-corrected chi connectivity index (χ2v) is 5.38. The number of rotatable bonds is 8. The predicted molar refractivity (Wildman–Crippen MR) is 65.9 cm³/mol. The lowest BCUT2D eigenvalue weighted by molar-refractivity contribution is -0.117. The SMILES string of the molecule is CCC(CC)CC(=O)CSC(C)CC. The fourth-order valence-corrected chi connectivity index (χ4v) is 2.14. The lowest BCUT2D eigenvalue weighted by atomic mass is 9.98. The van der Waals surface area contributed by atoms with Crippen molar-refractivity contribution in [1.29, 1.82) is 0 Å². The summed E-state index contributed by atoms with van der Waals surface area (Å²) < 4.78 is 0. The van der Waals surface area contributed by atoms with Crippen molar-refractivity contribution in [2.75, 3.05) is 5.75 Å². The summed E-state index contributed by atoms with van der Waals surface area (Å²) in [4.78, 5) is 11.6. The molecule has 0 saturated heterocycles. The van der Waals surface area contributed by atoms with Crippen molar-refractivity contribution in [2.45, 2.75) is 58.6 Å². The lowest BCUT2D eigenvalue weighted by Crippen LogP contribution is -2.11. The zero-order valence-electron chi connectivity index (χ0n) is 10.0. The molecule has 0 aromatic rings. The summed E-state index contributed by atoms with van der Waals surface area (Å²) in [5, 5.41) is 0.626. The van der Waals surface area contributed by atoms with Crippen LogP contribution in [0.3, 0.4) is 0 Å². The van der Waals surface area contributed by atoms with E-state index in [2.05, 4.69) is 27.7 Å². The summed E-state index contributed by atoms with van der Waals surface area (Å²) in [6, 6.07) is 0. The molecule has 0 aliphatic carbocycles. The molecule has 0 saturated carbocycles. The molecular weight excluding hydrogens is 192 g/mol. The standard InChI is InChI=1S/C12H24OS/c1-5-10(4)14-9-12(13)8-11(6-2)7-3/h10-11H,5-9H2,1-4H3. The number of carbonyl (C=O) groups is 1. The molecule has 1 nitrogen and oxygen atoms in total. The van der Waals surface area contributed by atoms with Crippen LogP contribution in [0.4, 0.5) is 0 Å². The number of ketones is 1. The third-order valence-corrected chi connectivity index (χ3v) is 4.17. The highest BCUT2D eigenvalue weighted by Crippen LogP contribution is 2.18. The molecule has 0 rings (SSSR count). The normalized spacial score (nSPS) is 13.2. The Kier molecular flexibility index (Phi) is 8.35. The Hall–Kier alpha value is 0.0200. The van der Waals surface area contributed by atoms with Gasteiger partial charge in [-0.3, -0.25) is 4.79 Å². The monoisotopic (exact) mass is 216 g/mol. The van der Waals surface area contributed by atoms with E-state index >= 15 is 0 Å². The van der Waals surface area contributed by atoms with Gasteiger partial charge in [-0.1, -0.05) is 40.5 Å². The van der Waals surface area contributed by atoms with Gasteiger partial charge in [-0.05, 0) is 12.3 Å². The van der Waals surface area contributed by atoms with Crippen LogP contribution in [0.15, 0.2) is 0 Å². The third kappa shape index (κ3) is 6.47. The van der Waals surface area contributed by atoms with Crippen molar-refractivity contribution in [3.05, 3.63) is 0 Å². The van der Waals surface area contributed by atoms with Gasteiger partial charge in [-0.25, -0.2) is 0 Å². The summed E-state index contributed by atoms with van der Waals surface area (Å²) >= 11 is 1.80. The van der Waals surface area contributed by atoms with E-state index in [4.69, 9.17) is 0 Å². The average Bonchev–Trinajstić information content (AvgIpc) is 2.22. The molecule has 1 unspecified atom stereocenters. The maximum absolute atomic E-state index is 11.6. The van der Waals surface area contributed by atoms with Gasteiger partial charge in [0.25, 0.3) is 0 Å². The Balaban J connectivity index is 3.64. The molecule has 2 heteroatoms. The highest BCUT2D eigenvalue weighted by atomic mass is 32.2. The molecule has 0 bridgehead atoms. The number of Topliss-reactive ketones (excluding diaryl/α,β-unsaturated/α-hetero) is 1. The molecule has 0 heterocycles. The zero-order valence-corrected chi connectivity index (χ0v) is 10.8. The van der Waals surface area contributed by atoms with E-state index in [1.54, 1.807) is 11.8 Å². The van der Waals surface area contributed by atoms with E-state index in [1.165, 1.54) is 0 Å². The van der Waals surface area contributed by atoms with Crippen LogP contribution in [0, 0.1) is 5.92 Å². The molecule has 0 amide bonds. The summed E-state index contributed by atoms with van der Waals surface area (Å²) in [6.45, 7) is 8.70. The van der Waals surface area contributed by atoms with Crippen LogP contribution in [0.1, 0.15) is 53.4 Å². The number of hydrogen-bond acceptors (Lipinski definition) is 2. The van der Waals surface area contributed by atoms with Crippen LogP contribution in [0.25, 0.3) is 0 Å². The van der Waals surface area contributed by atoms with Crippen LogP contribution in [-0.2, 0) is 4.79 Å². The molecule has 14 heavy (non-hydrogen) atoms. The zero-order chi connectivity index (χ0) is 11.0. The molecule has 0 fully saturated rings. The Morgan fingerprint density at radius 2 is 1.71 bits per heavy atom. The minimum absolute atomic E-state index is 0.434. The average molecular weight is 216 g/mol. The van der Waals surface area contributed by atoms with Crippen molar-refractivity contribution in [2.24, 2.45) is 5.92 Å². The van der Waals surface area contributed by atoms with Gasteiger partial charge in [0.15, 0.2) is 0 Å². The summed E-state index contributed by atoms with van der Waals surface area (Å²) in [6.07, 6.45) is 4.21. The van der Waals surface area contributed by atoms with Crippen molar-refractivity contribution in [3.63, 3.8) is 0 Å². The van der Waals surface area contributed by atoms with Crippen LogP contribution < -0.4 is 0 Å². The summed E-state index contributed by atoms with van der Waals surface area (Å²) in [7, 11) is 0. The van der Waals surface area contributed by atoms with Crippen LogP contribution in [0.5, 0.6) is 0 Å². The van der Waals surface area contributed by atoms with E-state index < -0.39 is 0 Å². The number of carbonyl (C=O) groups excluding carboxylic acids is 1. The Bertz CT molecular complexity index is 152. The van der Waals surface area contributed by atoms with Gasteiger partial charge in [-0.2, -0.15) is 11.8 Å². The van der Waals surface area contributed by atoms with Crippen LogP contribution in [-0.4, -0.2) is 16.8 Å². The Morgan fingerprint density at radius 1 is 1.14 bits per heavy atom. The first-order chi connectivity index (χ1) is 6.63. The topological polar surface area (TPSA) is 17.1 Å². The predicted octanol–water partition coefficient (Wildman–Crippen LogP) is 3.91. The first-order valence-corrected chi connectivity index (χ1v) is 6.82. The highest BCUT2D eigenvalue weighted by Gasteiger charge is 2.11. The van der Waals surface area contributed by atoms with Crippen molar-refractivity contribution >= 4 is 17.5 Å². The maximum atomic E-state index is 11.6. The Labute approximate surface area is 93.0 Å². The van der Waals surface area contributed by atoms with E-state index in [0.717, 1.165) is 25.7 Å². The smallest absolute Gasteiger partial charge is 0.143 e. The second-order valence-electron chi connectivity index (χ2n) is 3.96. The minimum Gasteiger partial charge on any atom is -0.299 e. The molecule has 84 valence electrons. The first-order valence-electron chi connectivity index (χ1n) is 5.77. The number of hydrogen-bond donors (Lipinski definition) is 0. The van der Waals surface area contributed by atoms with Gasteiger partial charge in [-0.15, -0.1) is 0 Å². The van der Waals surface area contributed by atoms with E-state index in [-0.39, 0.29) is 0 Å². The van der Waals surface area contributed by atoms with Gasteiger partial charge in [0.05, 0.1) is 5.75 Å². The highest BCUT2D eigenvalue weighted by molar-refractivity contribution is 8.00. The summed E-state index contributed by atoms with van der Waals surface area (Å²) in [5.74, 6) is 1.76. The van der Waals surface area contributed by atoms with Gasteiger partial charge < -0.3 is 0 Å². The van der Waals surface area contributed by atoms with Crippen molar-refractivity contribution < 1.29 is 4.79 Å². The molecular formula is C12H24OS. The van der Waals surface area contributed by atoms with E-state index in [1.807, 2.05) is 0 Å². The molecule has 0 aliphatic heterocycles. The lowest BCUT2D eigenvalue weighted by Gasteiger charge is -2.12. The molecule has 0 aromatic carbocycles. The van der Waals surface area contributed by atoms with Gasteiger partial charge in [0.2, 0.25) is 0 Å². The summed E-state index contributed by atoms with van der Waals surface area (Å²) in [5.41, 5.74) is 0. The maximum Gasteiger partial charge on any atom is 0.143 e. The van der Waals surface area contributed by atoms with E-state index in [0.29, 0.717) is 22.7 Å². The second kappa shape index (κ2) is 8.34. The van der Waals surface area contributed by atoms with Gasteiger partial charge in [0.1, 0.15) is 5.78 Å². The fraction of sp³-hybridized carbons (Fsp3) is 0.917. The molecule has 0 aliphatic rings. The van der Waals surface area contributed by atoms with Gasteiger partial charge >= 0.3 is 0 Å². The molecule has 0 spiro atoms.